The van der Waals surface area contributed by atoms with Crippen molar-refractivity contribution in [2.24, 2.45) is 5.92 Å². The van der Waals surface area contributed by atoms with Gasteiger partial charge in [0.1, 0.15) is 0 Å². The number of carbonyl (C=O) groups excluding carboxylic acids is 1. The van der Waals surface area contributed by atoms with Gasteiger partial charge in [0.25, 0.3) is 5.56 Å². The summed E-state index contributed by atoms with van der Waals surface area (Å²) in [4.78, 5) is 33.5. The second kappa shape index (κ2) is 10.4. The van der Waals surface area contributed by atoms with Crippen LogP contribution in [0.25, 0.3) is 11.0 Å². The van der Waals surface area contributed by atoms with Crippen molar-refractivity contribution in [3.63, 3.8) is 0 Å². The zero-order chi connectivity index (χ0) is 25.1. The molecular weight excluding hydrogens is 448 g/mol. The van der Waals surface area contributed by atoms with Gasteiger partial charge in [0.15, 0.2) is 5.82 Å². The number of fused-ring (bicyclic) bond motifs is 1. The Hall–Kier alpha value is -3.93. The summed E-state index contributed by atoms with van der Waals surface area (Å²) in [6.07, 6.45) is 1.65. The average molecular weight is 481 g/mol. The quantitative estimate of drug-likeness (QED) is 0.438. The normalized spacial score (nSPS) is 15.7. The number of nitrogens with zero attached hydrogens (tertiary/aromatic N) is 3. The predicted molar refractivity (Wildman–Crippen MR) is 144 cm³/mol. The lowest BCUT2D eigenvalue weighted by Crippen LogP contribution is -2.45. The molecule has 0 saturated carbocycles. The third-order valence-electron chi connectivity index (χ3n) is 6.98. The van der Waals surface area contributed by atoms with Gasteiger partial charge in [0.05, 0.1) is 23.5 Å². The first kappa shape index (κ1) is 23.8. The molecule has 6 nitrogen and oxygen atoms in total. The second-order valence-corrected chi connectivity index (χ2v) is 9.79. The molecule has 1 fully saturated rings. The number of aryl methyl sites for hydroxylation is 2. The Kier molecular flexibility index (Phi) is 6.85. The highest BCUT2D eigenvalue weighted by Crippen LogP contribution is 2.22. The molecule has 0 radical (unpaired) electrons. The molecule has 0 spiro atoms. The Morgan fingerprint density at radius 2 is 1.61 bits per heavy atom. The average Bonchev–Trinajstić information content (AvgIpc) is 2.91. The van der Waals surface area contributed by atoms with Gasteiger partial charge in [-0.3, -0.25) is 14.2 Å². The molecule has 1 saturated heterocycles. The third kappa shape index (κ3) is 5.18. The van der Waals surface area contributed by atoms with Gasteiger partial charge in [-0.1, -0.05) is 71.8 Å². The summed E-state index contributed by atoms with van der Waals surface area (Å²) in [7, 11) is 0. The molecule has 0 bridgehead atoms. The van der Waals surface area contributed by atoms with Crippen LogP contribution in [0.3, 0.4) is 0 Å². The molecule has 0 aliphatic carbocycles. The van der Waals surface area contributed by atoms with Gasteiger partial charge >= 0.3 is 0 Å². The molecule has 6 heteroatoms. The highest BCUT2D eigenvalue weighted by Gasteiger charge is 2.28. The molecule has 4 aromatic rings. The lowest BCUT2D eigenvalue weighted by atomic mass is 9.97. The van der Waals surface area contributed by atoms with Crippen LogP contribution in [0.15, 0.2) is 77.6 Å². The van der Waals surface area contributed by atoms with Crippen LogP contribution in [0.5, 0.6) is 0 Å². The number of rotatable bonds is 6. The van der Waals surface area contributed by atoms with Gasteiger partial charge in [-0.25, -0.2) is 4.98 Å². The van der Waals surface area contributed by atoms with E-state index in [-0.39, 0.29) is 17.4 Å². The summed E-state index contributed by atoms with van der Waals surface area (Å²) in [6, 6.07) is 24.2. The second-order valence-electron chi connectivity index (χ2n) is 9.79. The van der Waals surface area contributed by atoms with Gasteiger partial charge in [-0.05, 0) is 49.9 Å². The van der Waals surface area contributed by atoms with Gasteiger partial charge in [-0.2, -0.15) is 0 Å². The minimum Gasteiger partial charge on any atom is -0.352 e. The Labute approximate surface area is 211 Å². The van der Waals surface area contributed by atoms with Crippen LogP contribution in [0.4, 0.5) is 5.82 Å². The van der Waals surface area contributed by atoms with E-state index in [0.29, 0.717) is 32.0 Å². The fraction of sp³-hybridized carbons (Fsp3) is 0.300. The van der Waals surface area contributed by atoms with Crippen LogP contribution in [-0.2, 0) is 17.9 Å². The van der Waals surface area contributed by atoms with E-state index in [9.17, 15) is 9.59 Å². The largest absolute Gasteiger partial charge is 0.352 e. The standard InChI is InChI=1S/C30H32N4O2/c1-21-9-13-23(14-10-21)18-31-29(35)25-6-5-17-33(20-25)28-30(36)34(19-24-15-11-22(2)12-16-24)27-8-4-3-7-26(27)32-28/h3-4,7-16,25H,5-6,17-20H2,1-2H3,(H,31,35). The number of carbonyl (C=O) groups is 1. The minimum absolute atomic E-state index is 0.0287. The van der Waals surface area contributed by atoms with E-state index < -0.39 is 0 Å². The summed E-state index contributed by atoms with van der Waals surface area (Å²) >= 11 is 0. The molecule has 1 unspecified atom stereocenters. The zero-order valence-electron chi connectivity index (χ0n) is 20.9. The van der Waals surface area contributed by atoms with Crippen LogP contribution < -0.4 is 15.8 Å². The van der Waals surface area contributed by atoms with Crippen molar-refractivity contribution in [2.75, 3.05) is 18.0 Å². The summed E-state index contributed by atoms with van der Waals surface area (Å²) < 4.78 is 1.81. The van der Waals surface area contributed by atoms with Crippen LogP contribution in [-0.4, -0.2) is 28.5 Å². The first-order valence-electron chi connectivity index (χ1n) is 12.6. The van der Waals surface area contributed by atoms with E-state index in [0.717, 1.165) is 35.0 Å². The van der Waals surface area contributed by atoms with Gasteiger partial charge < -0.3 is 10.2 Å². The maximum Gasteiger partial charge on any atom is 0.294 e. The van der Waals surface area contributed by atoms with Crippen molar-refractivity contribution in [2.45, 2.75) is 39.8 Å². The van der Waals surface area contributed by atoms with Gasteiger partial charge in [0, 0.05) is 19.6 Å². The summed E-state index contributed by atoms with van der Waals surface area (Å²) in [5.41, 5.74) is 6.01. The lowest BCUT2D eigenvalue weighted by molar-refractivity contribution is -0.125. The first-order valence-corrected chi connectivity index (χ1v) is 12.6. The maximum absolute atomic E-state index is 13.7. The number of piperidine rings is 1. The summed E-state index contributed by atoms with van der Waals surface area (Å²) in [5, 5.41) is 3.08. The van der Waals surface area contributed by atoms with Crippen molar-refractivity contribution in [1.82, 2.24) is 14.9 Å². The number of aromatic nitrogens is 2. The SMILES string of the molecule is Cc1ccc(CNC(=O)C2CCCN(c3nc4ccccc4n(Cc4ccc(C)cc4)c3=O)C2)cc1. The molecule has 2 heterocycles. The predicted octanol–water partition coefficient (Wildman–Crippen LogP) is 4.59. The topological polar surface area (TPSA) is 67.2 Å². The molecule has 1 N–H and O–H groups in total. The number of benzene rings is 3. The first-order chi connectivity index (χ1) is 17.5. The minimum atomic E-state index is -0.178. The van der Waals surface area contributed by atoms with Crippen LogP contribution in [0.1, 0.15) is 35.1 Å². The van der Waals surface area contributed by atoms with E-state index in [1.54, 1.807) is 0 Å². The van der Waals surface area contributed by atoms with Crippen molar-refractivity contribution in [1.29, 1.82) is 0 Å². The van der Waals surface area contributed by atoms with Crippen LogP contribution in [0, 0.1) is 19.8 Å². The van der Waals surface area contributed by atoms with Crippen molar-refractivity contribution < 1.29 is 4.79 Å². The highest BCUT2D eigenvalue weighted by molar-refractivity contribution is 5.80. The van der Waals surface area contributed by atoms with Gasteiger partial charge in [-0.15, -0.1) is 0 Å². The Balaban J connectivity index is 1.38. The molecule has 1 aliphatic rings. The number of nitrogens with one attached hydrogen (secondary N) is 1. The maximum atomic E-state index is 13.7. The lowest BCUT2D eigenvalue weighted by Gasteiger charge is -2.32. The molecule has 5 rings (SSSR count). The van der Waals surface area contributed by atoms with Crippen LogP contribution >= 0.6 is 0 Å². The number of hydrogen-bond donors (Lipinski definition) is 1. The molecule has 184 valence electrons. The Bertz CT molecular complexity index is 1420. The molecule has 36 heavy (non-hydrogen) atoms. The number of anilines is 1. The van der Waals surface area contributed by atoms with E-state index in [1.807, 2.05) is 45.9 Å². The summed E-state index contributed by atoms with van der Waals surface area (Å²) in [5.74, 6) is 0.278. The highest BCUT2D eigenvalue weighted by atomic mass is 16.2. The molecular formula is C30H32N4O2. The van der Waals surface area contributed by atoms with E-state index >= 15 is 0 Å². The van der Waals surface area contributed by atoms with E-state index in [1.165, 1.54) is 11.1 Å². The number of amides is 1. The fourth-order valence-electron chi connectivity index (χ4n) is 4.84. The summed E-state index contributed by atoms with van der Waals surface area (Å²) in [6.45, 7) is 6.29. The molecule has 1 aliphatic heterocycles. The monoisotopic (exact) mass is 480 g/mol. The van der Waals surface area contributed by atoms with Crippen molar-refractivity contribution >= 4 is 22.8 Å². The number of hydrogen-bond acceptors (Lipinski definition) is 4. The number of para-hydroxylation sites is 2. The fourth-order valence-corrected chi connectivity index (χ4v) is 4.84. The Morgan fingerprint density at radius 1 is 0.944 bits per heavy atom. The smallest absolute Gasteiger partial charge is 0.294 e. The zero-order valence-corrected chi connectivity index (χ0v) is 20.9. The Morgan fingerprint density at radius 3 is 2.33 bits per heavy atom. The van der Waals surface area contributed by atoms with Crippen molar-refractivity contribution in [3.8, 4) is 0 Å². The molecule has 1 atom stereocenters. The molecule has 1 aromatic heterocycles. The van der Waals surface area contributed by atoms with Crippen molar-refractivity contribution in [3.05, 3.63) is 105 Å². The van der Waals surface area contributed by atoms with E-state index in [2.05, 4.69) is 55.6 Å². The van der Waals surface area contributed by atoms with E-state index in [4.69, 9.17) is 4.98 Å². The van der Waals surface area contributed by atoms with Gasteiger partial charge in [0.2, 0.25) is 5.91 Å². The van der Waals surface area contributed by atoms with Crippen LogP contribution in [0.2, 0.25) is 0 Å². The molecule has 1 amide bonds. The molecule has 3 aromatic carbocycles. The third-order valence-corrected chi connectivity index (χ3v) is 6.98.